The van der Waals surface area contributed by atoms with Gasteiger partial charge in [-0.3, -0.25) is 14.5 Å². The number of ether oxygens (including phenoxy) is 1. The Balaban J connectivity index is 1.37. The molecule has 2 aliphatic rings. The summed E-state index contributed by atoms with van der Waals surface area (Å²) < 4.78 is 11.8. The Bertz CT molecular complexity index is 1480. The zero-order valence-electron chi connectivity index (χ0n) is 24.2. The summed E-state index contributed by atoms with van der Waals surface area (Å²) in [6.45, 7) is 2.93. The number of benzene rings is 2. The molecular weight excluding hydrogens is 526 g/mol. The first-order chi connectivity index (χ1) is 20.6. The third-order valence-corrected chi connectivity index (χ3v) is 8.53. The summed E-state index contributed by atoms with van der Waals surface area (Å²) in [4.78, 5) is 33.2. The second-order valence-electron chi connectivity index (χ2n) is 11.5. The van der Waals surface area contributed by atoms with Gasteiger partial charge in [-0.1, -0.05) is 61.7 Å². The molecule has 1 saturated carbocycles. The number of furan rings is 1. The molecule has 2 fully saturated rings. The quantitative estimate of drug-likeness (QED) is 0.223. The Morgan fingerprint density at radius 2 is 1.69 bits per heavy atom. The van der Waals surface area contributed by atoms with E-state index < -0.39 is 6.04 Å². The van der Waals surface area contributed by atoms with Gasteiger partial charge in [-0.15, -0.1) is 0 Å². The Labute approximate surface area is 247 Å². The lowest BCUT2D eigenvalue weighted by Gasteiger charge is -2.30. The van der Waals surface area contributed by atoms with Crippen LogP contribution in [0.2, 0.25) is 0 Å². The standard InChI is InChI=1S/C35H39N3O4/c1-24-14-21-32(42-24)33(34(39)36-23-29-13-8-22-41-29)38(28-17-15-26(16-18-28)25-9-4-2-5-10-25)35(40)31-20-19-30(37-31)27-11-6-3-7-12-27/h3,6-7,11-12,14-21,25,29,33,37H,2,4-5,8-10,13,22-23H2,1H3,(H,36,39)/t29-,33+/m1/s1. The van der Waals surface area contributed by atoms with Crippen LogP contribution in [0.3, 0.4) is 0 Å². The highest BCUT2D eigenvalue weighted by Crippen LogP contribution is 2.36. The number of aromatic amines is 1. The molecule has 6 rings (SSSR count). The zero-order valence-corrected chi connectivity index (χ0v) is 24.2. The van der Waals surface area contributed by atoms with Crippen molar-refractivity contribution in [1.29, 1.82) is 0 Å². The summed E-state index contributed by atoms with van der Waals surface area (Å²) in [5, 5.41) is 3.06. The minimum atomic E-state index is -1.00. The Kier molecular flexibility index (Phi) is 8.56. The van der Waals surface area contributed by atoms with E-state index in [1.54, 1.807) is 17.0 Å². The van der Waals surface area contributed by atoms with Crippen LogP contribution >= 0.6 is 0 Å². The lowest BCUT2D eigenvalue weighted by atomic mass is 9.84. The van der Waals surface area contributed by atoms with E-state index in [1.165, 1.54) is 37.7 Å². The molecule has 2 N–H and O–H groups in total. The van der Waals surface area contributed by atoms with Crippen LogP contribution in [0.15, 0.2) is 83.3 Å². The van der Waals surface area contributed by atoms with Gasteiger partial charge in [0.05, 0.1) is 6.10 Å². The van der Waals surface area contributed by atoms with Crippen molar-refractivity contribution in [1.82, 2.24) is 10.3 Å². The highest BCUT2D eigenvalue weighted by atomic mass is 16.5. The Hall–Kier alpha value is -4.10. The molecule has 1 aliphatic heterocycles. The van der Waals surface area contributed by atoms with Crippen LogP contribution < -0.4 is 10.2 Å². The van der Waals surface area contributed by atoms with Crippen LogP contribution in [-0.4, -0.2) is 36.1 Å². The molecule has 0 unspecified atom stereocenters. The third kappa shape index (κ3) is 6.21. The number of H-pyrrole nitrogens is 1. The monoisotopic (exact) mass is 565 g/mol. The minimum Gasteiger partial charge on any atom is -0.464 e. The molecule has 7 nitrogen and oxygen atoms in total. The number of aromatic nitrogens is 1. The van der Waals surface area contributed by atoms with E-state index in [4.69, 9.17) is 9.15 Å². The number of rotatable bonds is 9. The highest BCUT2D eigenvalue weighted by molar-refractivity contribution is 6.09. The van der Waals surface area contributed by atoms with Crippen molar-refractivity contribution >= 4 is 17.5 Å². The maximum atomic E-state index is 14.4. The first kappa shape index (κ1) is 28.0. The van der Waals surface area contributed by atoms with Crippen LogP contribution in [0, 0.1) is 6.92 Å². The van der Waals surface area contributed by atoms with Gasteiger partial charge in [0.15, 0.2) is 6.04 Å². The third-order valence-electron chi connectivity index (χ3n) is 8.53. The molecule has 0 spiro atoms. The van der Waals surface area contributed by atoms with Crippen molar-refractivity contribution in [2.45, 2.75) is 69.9 Å². The molecule has 2 amide bonds. The first-order valence-electron chi connectivity index (χ1n) is 15.2. The van der Waals surface area contributed by atoms with Crippen molar-refractivity contribution in [3.63, 3.8) is 0 Å². The topological polar surface area (TPSA) is 87.6 Å². The fourth-order valence-electron chi connectivity index (χ4n) is 6.25. The normalized spacial score (nSPS) is 18.1. The summed E-state index contributed by atoms with van der Waals surface area (Å²) in [5.74, 6) is 1.01. The van der Waals surface area contributed by atoms with Crippen molar-refractivity contribution in [2.24, 2.45) is 0 Å². The number of amides is 2. The Morgan fingerprint density at radius 3 is 2.38 bits per heavy atom. The van der Waals surface area contributed by atoms with E-state index in [9.17, 15) is 9.59 Å². The molecule has 0 radical (unpaired) electrons. The molecule has 42 heavy (non-hydrogen) atoms. The van der Waals surface area contributed by atoms with E-state index in [-0.39, 0.29) is 17.9 Å². The van der Waals surface area contributed by atoms with Gasteiger partial charge in [0, 0.05) is 24.5 Å². The predicted molar refractivity (Wildman–Crippen MR) is 163 cm³/mol. The number of carbonyl (C=O) groups excluding carboxylic acids is 2. The molecular formula is C35H39N3O4. The van der Waals surface area contributed by atoms with Gasteiger partial charge in [-0.05, 0) is 86.1 Å². The van der Waals surface area contributed by atoms with Crippen molar-refractivity contribution in [2.75, 3.05) is 18.1 Å². The fraction of sp³-hybridized carbons (Fsp3) is 0.371. The van der Waals surface area contributed by atoms with E-state index in [1.807, 2.05) is 61.5 Å². The maximum absolute atomic E-state index is 14.4. The van der Waals surface area contributed by atoms with E-state index in [0.29, 0.717) is 42.0 Å². The summed E-state index contributed by atoms with van der Waals surface area (Å²) in [7, 11) is 0. The summed E-state index contributed by atoms with van der Waals surface area (Å²) in [6.07, 6.45) is 8.03. The van der Waals surface area contributed by atoms with Gasteiger partial charge in [-0.2, -0.15) is 0 Å². The van der Waals surface area contributed by atoms with Crippen LogP contribution in [0.5, 0.6) is 0 Å². The van der Waals surface area contributed by atoms with E-state index >= 15 is 0 Å². The van der Waals surface area contributed by atoms with Gasteiger partial charge in [-0.25, -0.2) is 0 Å². The summed E-state index contributed by atoms with van der Waals surface area (Å²) >= 11 is 0. The molecule has 1 saturated heterocycles. The van der Waals surface area contributed by atoms with Crippen molar-refractivity contribution in [3.8, 4) is 11.3 Å². The van der Waals surface area contributed by atoms with Gasteiger partial charge >= 0.3 is 0 Å². The van der Waals surface area contributed by atoms with Crippen LogP contribution in [0.4, 0.5) is 5.69 Å². The minimum absolute atomic E-state index is 0.0243. The Morgan fingerprint density at radius 1 is 0.905 bits per heavy atom. The number of carbonyl (C=O) groups is 2. The average molecular weight is 566 g/mol. The van der Waals surface area contributed by atoms with Crippen LogP contribution in [0.25, 0.3) is 11.3 Å². The van der Waals surface area contributed by atoms with Gasteiger partial charge in [0.25, 0.3) is 11.8 Å². The molecule has 1 aliphatic carbocycles. The predicted octanol–water partition coefficient (Wildman–Crippen LogP) is 7.31. The molecule has 2 aromatic heterocycles. The second-order valence-corrected chi connectivity index (χ2v) is 11.5. The molecule has 3 heterocycles. The van der Waals surface area contributed by atoms with E-state index in [0.717, 1.165) is 24.1 Å². The van der Waals surface area contributed by atoms with Gasteiger partial charge in [0.1, 0.15) is 17.2 Å². The second kappa shape index (κ2) is 12.8. The van der Waals surface area contributed by atoms with Crippen LogP contribution in [0.1, 0.15) is 84.5 Å². The molecule has 7 heteroatoms. The number of anilines is 1. The number of aryl methyl sites for hydroxylation is 1. The van der Waals surface area contributed by atoms with Crippen LogP contribution in [-0.2, 0) is 9.53 Å². The maximum Gasteiger partial charge on any atom is 0.275 e. The SMILES string of the molecule is Cc1ccc([C@@H](C(=O)NC[C@H]2CCCO2)N(C(=O)c2ccc(-c3ccccc3)[nH]2)c2ccc(C3CCCCC3)cc2)o1. The molecule has 218 valence electrons. The first-order valence-corrected chi connectivity index (χ1v) is 15.2. The lowest BCUT2D eigenvalue weighted by molar-refractivity contribution is -0.123. The van der Waals surface area contributed by atoms with Gasteiger partial charge < -0.3 is 19.5 Å². The molecule has 0 bridgehead atoms. The highest BCUT2D eigenvalue weighted by Gasteiger charge is 2.37. The smallest absolute Gasteiger partial charge is 0.275 e. The fourth-order valence-corrected chi connectivity index (χ4v) is 6.25. The van der Waals surface area contributed by atoms with Crippen molar-refractivity contribution in [3.05, 3.63) is 102 Å². The van der Waals surface area contributed by atoms with Crippen molar-refractivity contribution < 1.29 is 18.7 Å². The number of hydrogen-bond acceptors (Lipinski definition) is 4. The summed E-state index contributed by atoms with van der Waals surface area (Å²) in [6, 6.07) is 24.3. The zero-order chi connectivity index (χ0) is 28.9. The summed E-state index contributed by atoms with van der Waals surface area (Å²) in [5.41, 5.74) is 4.13. The molecule has 4 aromatic rings. The number of nitrogens with one attached hydrogen (secondary N) is 2. The number of hydrogen-bond donors (Lipinski definition) is 2. The number of nitrogens with zero attached hydrogens (tertiary/aromatic N) is 1. The molecule has 2 atom stereocenters. The largest absolute Gasteiger partial charge is 0.464 e. The average Bonchev–Trinajstić information content (AvgIpc) is 3.82. The van der Waals surface area contributed by atoms with E-state index in [2.05, 4.69) is 22.4 Å². The lowest BCUT2D eigenvalue weighted by Crippen LogP contribution is -2.45. The van der Waals surface area contributed by atoms with Gasteiger partial charge in [0.2, 0.25) is 0 Å². The molecule has 2 aromatic carbocycles.